The summed E-state index contributed by atoms with van der Waals surface area (Å²) in [6, 6.07) is 4.56. The van der Waals surface area contributed by atoms with E-state index in [9.17, 15) is 5.11 Å². The van der Waals surface area contributed by atoms with Crippen molar-refractivity contribution in [1.29, 1.82) is 0 Å². The fourth-order valence-electron chi connectivity index (χ4n) is 1.90. The minimum atomic E-state index is -0.308. The van der Waals surface area contributed by atoms with Gasteiger partial charge in [-0.3, -0.25) is 4.90 Å². The van der Waals surface area contributed by atoms with Crippen LogP contribution in [0.2, 0.25) is 0 Å². The van der Waals surface area contributed by atoms with Crippen molar-refractivity contribution < 1.29 is 5.11 Å². The summed E-state index contributed by atoms with van der Waals surface area (Å²) < 4.78 is 0. The van der Waals surface area contributed by atoms with E-state index in [1.807, 2.05) is 6.92 Å². The van der Waals surface area contributed by atoms with Crippen molar-refractivity contribution in [3.8, 4) is 9.88 Å². The topological polar surface area (TPSA) is 36.4 Å². The Kier molecular flexibility index (Phi) is 5.10. The zero-order valence-corrected chi connectivity index (χ0v) is 13.2. The van der Waals surface area contributed by atoms with Crippen LogP contribution in [0.25, 0.3) is 9.88 Å². The van der Waals surface area contributed by atoms with Gasteiger partial charge >= 0.3 is 0 Å². The first-order valence-electron chi connectivity index (χ1n) is 6.46. The number of aromatic nitrogens is 1. The molecule has 2 rings (SSSR count). The Morgan fingerprint density at radius 2 is 2.11 bits per heavy atom. The van der Waals surface area contributed by atoms with Crippen LogP contribution in [0.3, 0.4) is 0 Å². The Bertz CT molecular complexity index is 491. The van der Waals surface area contributed by atoms with Gasteiger partial charge in [-0.1, -0.05) is 6.07 Å². The molecule has 0 radical (unpaired) electrons. The van der Waals surface area contributed by atoms with Gasteiger partial charge in [-0.2, -0.15) is 0 Å². The fraction of sp³-hybridized carbons (Fsp3) is 0.500. The van der Waals surface area contributed by atoms with Crippen LogP contribution in [0.4, 0.5) is 0 Å². The minimum absolute atomic E-state index is 0.308. The van der Waals surface area contributed by atoms with E-state index >= 15 is 0 Å². The van der Waals surface area contributed by atoms with Gasteiger partial charge in [0.25, 0.3) is 0 Å². The molecule has 1 N–H and O–H groups in total. The largest absolute Gasteiger partial charge is 0.392 e. The molecular formula is C14H20N2OS2. The molecule has 0 aliphatic heterocycles. The Morgan fingerprint density at radius 3 is 2.68 bits per heavy atom. The zero-order valence-electron chi connectivity index (χ0n) is 11.5. The van der Waals surface area contributed by atoms with Crippen molar-refractivity contribution in [2.75, 3.05) is 6.54 Å². The third kappa shape index (κ3) is 4.11. The van der Waals surface area contributed by atoms with E-state index in [1.165, 1.54) is 4.88 Å². The lowest BCUT2D eigenvalue weighted by Gasteiger charge is -2.26. The van der Waals surface area contributed by atoms with Crippen molar-refractivity contribution >= 4 is 22.7 Å². The quantitative estimate of drug-likeness (QED) is 0.887. The number of thiazole rings is 1. The summed E-state index contributed by atoms with van der Waals surface area (Å²) in [7, 11) is 0. The lowest BCUT2D eigenvalue weighted by atomic mass is 10.2. The van der Waals surface area contributed by atoms with Crippen molar-refractivity contribution in [3.63, 3.8) is 0 Å². The van der Waals surface area contributed by atoms with E-state index in [0.29, 0.717) is 12.6 Å². The lowest BCUT2D eigenvalue weighted by Crippen LogP contribution is -2.36. The van der Waals surface area contributed by atoms with Gasteiger partial charge in [0, 0.05) is 24.5 Å². The molecule has 0 spiro atoms. The molecule has 104 valence electrons. The lowest BCUT2D eigenvalue weighted by molar-refractivity contribution is 0.102. The number of hydrogen-bond acceptors (Lipinski definition) is 5. The molecule has 0 amide bonds. The highest BCUT2D eigenvalue weighted by molar-refractivity contribution is 7.20. The molecule has 3 nitrogen and oxygen atoms in total. The van der Waals surface area contributed by atoms with Gasteiger partial charge in [0.2, 0.25) is 0 Å². The van der Waals surface area contributed by atoms with E-state index < -0.39 is 0 Å². The van der Waals surface area contributed by atoms with Gasteiger partial charge < -0.3 is 5.11 Å². The smallest absolute Gasteiger partial charge is 0.133 e. The molecule has 5 heteroatoms. The summed E-state index contributed by atoms with van der Waals surface area (Å²) in [5, 5.41) is 14.8. The average molecular weight is 296 g/mol. The molecule has 19 heavy (non-hydrogen) atoms. The molecule has 0 aromatic carbocycles. The second kappa shape index (κ2) is 6.61. The van der Waals surface area contributed by atoms with Crippen molar-refractivity contribution in [2.45, 2.75) is 39.5 Å². The zero-order chi connectivity index (χ0) is 13.8. The molecule has 1 unspecified atom stereocenters. The normalized spacial score (nSPS) is 13.4. The van der Waals surface area contributed by atoms with E-state index in [2.05, 4.69) is 46.6 Å². The van der Waals surface area contributed by atoms with Crippen LogP contribution in [-0.2, 0) is 6.54 Å². The molecule has 2 aromatic heterocycles. The monoisotopic (exact) mass is 296 g/mol. The standard InChI is InChI=1S/C14H20N2OS2/c1-10(2)16(7-11(3)17)8-12-9-19-14(15-12)13-5-4-6-18-13/h4-6,9-11,17H,7-8H2,1-3H3. The number of aliphatic hydroxyl groups excluding tert-OH is 1. The van der Waals surface area contributed by atoms with Gasteiger partial charge in [0.1, 0.15) is 5.01 Å². The summed E-state index contributed by atoms with van der Waals surface area (Å²) in [6.45, 7) is 7.60. The molecular weight excluding hydrogens is 276 g/mol. The summed E-state index contributed by atoms with van der Waals surface area (Å²) >= 11 is 3.41. The van der Waals surface area contributed by atoms with Crippen LogP contribution in [0, 0.1) is 0 Å². The van der Waals surface area contributed by atoms with Gasteiger partial charge in [0.15, 0.2) is 0 Å². The van der Waals surface area contributed by atoms with Crippen LogP contribution >= 0.6 is 22.7 Å². The maximum absolute atomic E-state index is 9.55. The predicted octanol–water partition coefficient (Wildman–Crippen LogP) is 3.46. The summed E-state index contributed by atoms with van der Waals surface area (Å²) in [5.41, 5.74) is 1.09. The fourth-order valence-corrected chi connectivity index (χ4v) is 3.52. The van der Waals surface area contributed by atoms with Crippen LogP contribution in [-0.4, -0.2) is 33.7 Å². The van der Waals surface area contributed by atoms with Crippen molar-refractivity contribution in [2.24, 2.45) is 0 Å². The molecule has 0 saturated heterocycles. The average Bonchev–Trinajstić information content (AvgIpc) is 2.97. The highest BCUT2D eigenvalue weighted by Crippen LogP contribution is 2.28. The van der Waals surface area contributed by atoms with Gasteiger partial charge in [0.05, 0.1) is 16.7 Å². The Hall–Kier alpha value is -0.750. The van der Waals surface area contributed by atoms with Crippen molar-refractivity contribution in [3.05, 3.63) is 28.6 Å². The van der Waals surface area contributed by atoms with E-state index in [4.69, 9.17) is 0 Å². The molecule has 0 saturated carbocycles. The molecule has 2 heterocycles. The number of rotatable bonds is 6. The predicted molar refractivity (Wildman–Crippen MR) is 82.7 cm³/mol. The molecule has 2 aromatic rings. The number of hydrogen-bond donors (Lipinski definition) is 1. The van der Waals surface area contributed by atoms with E-state index in [0.717, 1.165) is 17.2 Å². The molecule has 0 aliphatic carbocycles. The van der Waals surface area contributed by atoms with Crippen LogP contribution in [0.5, 0.6) is 0 Å². The maximum Gasteiger partial charge on any atom is 0.133 e. The number of thiophene rings is 1. The van der Waals surface area contributed by atoms with Crippen LogP contribution in [0.1, 0.15) is 26.5 Å². The highest BCUT2D eigenvalue weighted by Gasteiger charge is 2.14. The van der Waals surface area contributed by atoms with Gasteiger partial charge in [-0.25, -0.2) is 4.98 Å². The SMILES string of the molecule is CC(O)CN(Cc1csc(-c2cccs2)n1)C(C)C. The summed E-state index contributed by atoms with van der Waals surface area (Å²) in [5.74, 6) is 0. The summed E-state index contributed by atoms with van der Waals surface area (Å²) in [6.07, 6.45) is -0.308. The molecule has 0 fully saturated rings. The minimum Gasteiger partial charge on any atom is -0.392 e. The number of nitrogens with zero attached hydrogens (tertiary/aromatic N) is 2. The third-order valence-corrected chi connectivity index (χ3v) is 4.81. The van der Waals surface area contributed by atoms with E-state index in [1.54, 1.807) is 22.7 Å². The second-order valence-corrected chi connectivity index (χ2v) is 6.80. The van der Waals surface area contributed by atoms with Crippen LogP contribution in [0.15, 0.2) is 22.9 Å². The first kappa shape index (κ1) is 14.7. The first-order chi connectivity index (χ1) is 9.06. The third-order valence-electron chi connectivity index (χ3n) is 2.88. The first-order valence-corrected chi connectivity index (χ1v) is 8.22. The van der Waals surface area contributed by atoms with Gasteiger partial charge in [-0.05, 0) is 32.2 Å². The second-order valence-electron chi connectivity index (χ2n) is 4.99. The van der Waals surface area contributed by atoms with E-state index in [-0.39, 0.29) is 6.10 Å². The summed E-state index contributed by atoms with van der Waals surface area (Å²) in [4.78, 5) is 8.16. The van der Waals surface area contributed by atoms with Crippen LogP contribution < -0.4 is 0 Å². The molecule has 0 bridgehead atoms. The maximum atomic E-state index is 9.55. The Balaban J connectivity index is 2.06. The number of aliphatic hydroxyl groups is 1. The van der Waals surface area contributed by atoms with Gasteiger partial charge in [-0.15, -0.1) is 22.7 Å². The molecule has 0 aliphatic rings. The highest BCUT2D eigenvalue weighted by atomic mass is 32.1. The van der Waals surface area contributed by atoms with Crippen molar-refractivity contribution in [1.82, 2.24) is 9.88 Å². The Labute approximate surface area is 122 Å². The molecule has 1 atom stereocenters. The Morgan fingerprint density at radius 1 is 1.32 bits per heavy atom.